The van der Waals surface area contributed by atoms with Crippen molar-refractivity contribution < 1.29 is 9.53 Å². The molecule has 0 unspecified atom stereocenters. The number of carbonyl (C=O) groups excluding carboxylic acids is 1. The standard InChI is InChI=1S/C18H29N3O3/c1-2-3-13-21-17(22)11-10-16(20-21)18(23)19-12-7-14-24-15-8-5-4-6-9-15/h10-11,15H,2-9,12-14H2,1H3,(H,19,23). The molecular formula is C18H29N3O3. The number of hydrogen-bond acceptors (Lipinski definition) is 4. The summed E-state index contributed by atoms with van der Waals surface area (Å²) in [6.07, 6.45) is 9.22. The molecule has 0 saturated heterocycles. The number of carbonyl (C=O) groups is 1. The Morgan fingerprint density at radius 1 is 1.29 bits per heavy atom. The van der Waals surface area contributed by atoms with Gasteiger partial charge in [0.2, 0.25) is 0 Å². The van der Waals surface area contributed by atoms with Crippen LogP contribution < -0.4 is 10.9 Å². The minimum Gasteiger partial charge on any atom is -0.378 e. The highest BCUT2D eigenvalue weighted by Gasteiger charge is 2.13. The van der Waals surface area contributed by atoms with Gasteiger partial charge in [0.25, 0.3) is 11.5 Å². The molecule has 1 amide bonds. The molecular weight excluding hydrogens is 306 g/mol. The topological polar surface area (TPSA) is 73.2 Å². The molecule has 24 heavy (non-hydrogen) atoms. The molecule has 0 aromatic carbocycles. The van der Waals surface area contributed by atoms with E-state index in [0.29, 0.717) is 31.5 Å². The van der Waals surface area contributed by atoms with Crippen molar-refractivity contribution in [2.75, 3.05) is 13.2 Å². The lowest BCUT2D eigenvalue weighted by Gasteiger charge is -2.21. The van der Waals surface area contributed by atoms with Gasteiger partial charge in [-0.25, -0.2) is 4.68 Å². The van der Waals surface area contributed by atoms with E-state index < -0.39 is 0 Å². The zero-order valence-corrected chi connectivity index (χ0v) is 14.6. The minimum absolute atomic E-state index is 0.166. The third-order valence-corrected chi connectivity index (χ3v) is 4.34. The number of amides is 1. The molecule has 6 heteroatoms. The second kappa shape index (κ2) is 10.2. The number of unbranched alkanes of at least 4 members (excludes halogenated alkanes) is 1. The molecule has 134 valence electrons. The fourth-order valence-corrected chi connectivity index (χ4v) is 2.88. The summed E-state index contributed by atoms with van der Waals surface area (Å²) in [7, 11) is 0. The molecule has 2 rings (SSSR count). The number of nitrogens with zero attached hydrogens (tertiary/aromatic N) is 2. The fourth-order valence-electron chi connectivity index (χ4n) is 2.88. The molecule has 1 aromatic rings. The molecule has 6 nitrogen and oxygen atoms in total. The molecule has 0 atom stereocenters. The second-order valence-corrected chi connectivity index (χ2v) is 6.37. The van der Waals surface area contributed by atoms with Crippen LogP contribution in [-0.2, 0) is 11.3 Å². The van der Waals surface area contributed by atoms with E-state index >= 15 is 0 Å². The van der Waals surface area contributed by atoms with Gasteiger partial charge < -0.3 is 10.1 Å². The quantitative estimate of drug-likeness (QED) is 0.704. The molecule has 0 aliphatic heterocycles. The number of nitrogens with one attached hydrogen (secondary N) is 1. The Labute approximate surface area is 143 Å². The maximum atomic E-state index is 12.1. The molecule has 1 saturated carbocycles. The number of aryl methyl sites for hydroxylation is 1. The Balaban J connectivity index is 1.70. The van der Waals surface area contributed by atoms with Crippen LogP contribution in [0, 0.1) is 0 Å². The first-order valence-electron chi connectivity index (χ1n) is 9.18. The van der Waals surface area contributed by atoms with Gasteiger partial charge in [-0.1, -0.05) is 32.6 Å². The summed E-state index contributed by atoms with van der Waals surface area (Å²) in [5.74, 6) is -0.238. The van der Waals surface area contributed by atoms with E-state index in [2.05, 4.69) is 17.3 Å². The van der Waals surface area contributed by atoms with Crippen LogP contribution in [-0.4, -0.2) is 34.9 Å². The maximum absolute atomic E-state index is 12.1. The lowest BCUT2D eigenvalue weighted by atomic mass is 9.98. The molecule has 1 N–H and O–H groups in total. The molecule has 1 heterocycles. The maximum Gasteiger partial charge on any atom is 0.271 e. The first kappa shape index (κ1) is 18.6. The summed E-state index contributed by atoms with van der Waals surface area (Å²) < 4.78 is 7.20. The van der Waals surface area contributed by atoms with E-state index in [4.69, 9.17) is 4.74 Å². The Bertz CT molecular complexity index is 565. The fraction of sp³-hybridized carbons (Fsp3) is 0.722. The predicted octanol–water partition coefficient (Wildman–Crippen LogP) is 2.51. The van der Waals surface area contributed by atoms with Gasteiger partial charge in [0.05, 0.1) is 6.10 Å². The Morgan fingerprint density at radius 2 is 2.08 bits per heavy atom. The van der Waals surface area contributed by atoms with Gasteiger partial charge in [-0.2, -0.15) is 5.10 Å². The number of ether oxygens (including phenoxy) is 1. The highest BCUT2D eigenvalue weighted by atomic mass is 16.5. The van der Waals surface area contributed by atoms with Crippen molar-refractivity contribution in [1.82, 2.24) is 15.1 Å². The van der Waals surface area contributed by atoms with E-state index in [1.165, 1.54) is 36.1 Å². The van der Waals surface area contributed by atoms with E-state index in [1.807, 2.05) is 0 Å². The van der Waals surface area contributed by atoms with E-state index in [1.54, 1.807) is 0 Å². The molecule has 1 fully saturated rings. The Morgan fingerprint density at radius 3 is 2.83 bits per heavy atom. The molecule has 1 aromatic heterocycles. The minimum atomic E-state index is -0.238. The van der Waals surface area contributed by atoms with Crippen LogP contribution in [0.5, 0.6) is 0 Å². The first-order valence-corrected chi connectivity index (χ1v) is 9.18. The Kier molecular flexibility index (Phi) is 7.95. The largest absolute Gasteiger partial charge is 0.378 e. The molecule has 1 aliphatic carbocycles. The zero-order valence-electron chi connectivity index (χ0n) is 14.6. The highest BCUT2D eigenvalue weighted by Crippen LogP contribution is 2.20. The van der Waals surface area contributed by atoms with Gasteiger partial charge in [-0.3, -0.25) is 9.59 Å². The van der Waals surface area contributed by atoms with Gasteiger partial charge >= 0.3 is 0 Å². The van der Waals surface area contributed by atoms with Crippen molar-refractivity contribution >= 4 is 5.91 Å². The van der Waals surface area contributed by atoms with Crippen molar-refractivity contribution in [3.63, 3.8) is 0 Å². The summed E-state index contributed by atoms with van der Waals surface area (Å²) in [6.45, 7) is 3.83. The third kappa shape index (κ3) is 6.07. The van der Waals surface area contributed by atoms with Crippen LogP contribution in [0.4, 0.5) is 0 Å². The van der Waals surface area contributed by atoms with Crippen molar-refractivity contribution in [3.05, 3.63) is 28.2 Å². The van der Waals surface area contributed by atoms with Crippen LogP contribution in [0.15, 0.2) is 16.9 Å². The van der Waals surface area contributed by atoms with Crippen LogP contribution in [0.25, 0.3) is 0 Å². The van der Waals surface area contributed by atoms with Crippen molar-refractivity contribution in [1.29, 1.82) is 0 Å². The summed E-state index contributed by atoms with van der Waals surface area (Å²) in [5.41, 5.74) is 0.125. The molecule has 0 bridgehead atoms. The second-order valence-electron chi connectivity index (χ2n) is 6.37. The smallest absolute Gasteiger partial charge is 0.271 e. The summed E-state index contributed by atoms with van der Waals surface area (Å²) >= 11 is 0. The summed E-state index contributed by atoms with van der Waals surface area (Å²) in [5, 5.41) is 6.99. The number of rotatable bonds is 9. The Hall–Kier alpha value is -1.69. The normalized spacial score (nSPS) is 15.4. The van der Waals surface area contributed by atoms with Crippen molar-refractivity contribution in [2.45, 2.75) is 70.9 Å². The van der Waals surface area contributed by atoms with Crippen molar-refractivity contribution in [2.24, 2.45) is 0 Å². The van der Waals surface area contributed by atoms with Crippen LogP contribution in [0.3, 0.4) is 0 Å². The van der Waals surface area contributed by atoms with Gasteiger partial charge in [0.1, 0.15) is 5.69 Å². The van der Waals surface area contributed by atoms with Crippen LogP contribution in [0.2, 0.25) is 0 Å². The van der Waals surface area contributed by atoms with Crippen molar-refractivity contribution in [3.8, 4) is 0 Å². The average molecular weight is 335 g/mol. The number of hydrogen-bond donors (Lipinski definition) is 1. The van der Waals surface area contributed by atoms with Gasteiger partial charge in [-0.15, -0.1) is 0 Å². The molecule has 1 aliphatic rings. The van der Waals surface area contributed by atoms with Crippen LogP contribution >= 0.6 is 0 Å². The molecule has 0 spiro atoms. The lowest BCUT2D eigenvalue weighted by Crippen LogP contribution is -2.30. The van der Waals surface area contributed by atoms with E-state index in [0.717, 1.165) is 32.1 Å². The first-order chi connectivity index (χ1) is 11.7. The number of aromatic nitrogens is 2. The van der Waals surface area contributed by atoms with Gasteiger partial charge in [0.15, 0.2) is 0 Å². The predicted molar refractivity (Wildman–Crippen MR) is 93.2 cm³/mol. The third-order valence-electron chi connectivity index (χ3n) is 4.34. The molecule has 0 radical (unpaired) electrons. The van der Waals surface area contributed by atoms with E-state index in [9.17, 15) is 9.59 Å². The SMILES string of the molecule is CCCCn1nc(C(=O)NCCCOC2CCCCC2)ccc1=O. The average Bonchev–Trinajstić information content (AvgIpc) is 2.61. The summed E-state index contributed by atoms with van der Waals surface area (Å²) in [6, 6.07) is 2.89. The lowest BCUT2D eigenvalue weighted by molar-refractivity contribution is 0.0273. The van der Waals surface area contributed by atoms with Crippen LogP contribution in [0.1, 0.15) is 68.8 Å². The summed E-state index contributed by atoms with van der Waals surface area (Å²) in [4.78, 5) is 23.8. The highest BCUT2D eigenvalue weighted by molar-refractivity contribution is 5.91. The van der Waals surface area contributed by atoms with Gasteiger partial charge in [-0.05, 0) is 31.7 Å². The zero-order chi connectivity index (χ0) is 17.2. The monoisotopic (exact) mass is 335 g/mol. The van der Waals surface area contributed by atoms with Gasteiger partial charge in [0, 0.05) is 25.8 Å². The van der Waals surface area contributed by atoms with E-state index in [-0.39, 0.29) is 11.5 Å².